The van der Waals surface area contributed by atoms with E-state index >= 15 is 0 Å². The summed E-state index contributed by atoms with van der Waals surface area (Å²) in [6.45, 7) is 20.3. The van der Waals surface area contributed by atoms with Crippen LogP contribution in [0.4, 0.5) is 0 Å². The first kappa shape index (κ1) is 23.3. The number of hydrogen-bond donors (Lipinski definition) is 0. The zero-order valence-electron chi connectivity index (χ0n) is 19.3. The maximum atomic E-state index is 2.45. The van der Waals surface area contributed by atoms with Crippen molar-refractivity contribution in [2.45, 2.75) is 81.1 Å². The van der Waals surface area contributed by atoms with Gasteiger partial charge < -0.3 is 0 Å². The van der Waals surface area contributed by atoms with E-state index in [1.165, 1.54) is 57.0 Å². The predicted molar refractivity (Wildman–Crippen MR) is 121 cm³/mol. The van der Waals surface area contributed by atoms with E-state index in [-0.39, 0.29) is 25.8 Å². The predicted octanol–water partition coefficient (Wildman–Crippen LogP) is 7.75. The minimum Gasteiger partial charge on any atom is -0.196 e. The summed E-state index contributed by atoms with van der Waals surface area (Å²) in [5, 5.41) is 2.92. The van der Waals surface area contributed by atoms with Gasteiger partial charge in [0.1, 0.15) is 0 Å². The molecule has 0 amide bonds. The monoisotopic (exact) mass is 540 g/mol. The van der Waals surface area contributed by atoms with Gasteiger partial charge in [-0.15, -0.1) is 34.5 Å². The molecule has 0 atom stereocenters. The van der Waals surface area contributed by atoms with Crippen molar-refractivity contribution in [2.24, 2.45) is 5.41 Å². The van der Waals surface area contributed by atoms with Gasteiger partial charge in [0.25, 0.3) is 0 Å². The SMILES string of the molecule is CC(C)[c-]1ccc2cc3c(cc21)CC(C)(C)C3.Cc1c(C)c(C)[c-](C)c1C.[Hf]. The van der Waals surface area contributed by atoms with Crippen molar-refractivity contribution in [2.75, 3.05) is 0 Å². The van der Waals surface area contributed by atoms with Gasteiger partial charge in [-0.1, -0.05) is 79.4 Å². The molecule has 0 spiro atoms. The first-order valence-corrected chi connectivity index (χ1v) is 10.4. The Kier molecular flexibility index (Phi) is 7.02. The molecule has 0 aliphatic heterocycles. The molecule has 0 N–H and O–H groups in total. The fourth-order valence-corrected chi connectivity index (χ4v) is 4.70. The minimum atomic E-state index is 0. The molecule has 0 saturated heterocycles. The van der Waals surface area contributed by atoms with Crippen molar-refractivity contribution >= 4 is 10.8 Å². The van der Waals surface area contributed by atoms with E-state index in [2.05, 4.69) is 86.6 Å². The molecule has 28 heavy (non-hydrogen) atoms. The Morgan fingerprint density at radius 3 is 1.82 bits per heavy atom. The van der Waals surface area contributed by atoms with E-state index in [4.69, 9.17) is 0 Å². The number of benzene rings is 1. The average molecular weight is 539 g/mol. The van der Waals surface area contributed by atoms with Crippen LogP contribution in [0.5, 0.6) is 0 Å². The molecular formula is C27H36Hf-2. The van der Waals surface area contributed by atoms with Crippen LogP contribution in [0.2, 0.25) is 0 Å². The van der Waals surface area contributed by atoms with Crippen molar-refractivity contribution in [3.05, 3.63) is 68.8 Å². The molecule has 0 fully saturated rings. The Morgan fingerprint density at radius 1 is 0.893 bits per heavy atom. The quantitative estimate of drug-likeness (QED) is 0.219. The summed E-state index contributed by atoms with van der Waals surface area (Å²) in [4.78, 5) is 0. The fourth-order valence-electron chi connectivity index (χ4n) is 4.70. The summed E-state index contributed by atoms with van der Waals surface area (Å²) in [7, 11) is 0. The van der Waals surface area contributed by atoms with Crippen LogP contribution in [0.3, 0.4) is 0 Å². The molecule has 0 heterocycles. The molecule has 0 aromatic heterocycles. The molecule has 0 nitrogen and oxygen atoms in total. The molecule has 0 unspecified atom stereocenters. The standard InChI is InChI=1S/C17H21.C10H15.Hf/c1-11(2)15-6-5-12-7-13-9-17(3,4)10-14(13)8-16(12)15;1-6-7(2)9(4)10(5)8(6)3;/h5-8,11H,9-10H2,1-4H3;1-5H3;/q2*-1;. The molecule has 0 bridgehead atoms. The number of rotatable bonds is 1. The van der Waals surface area contributed by atoms with Gasteiger partial charge in [-0.3, -0.25) is 0 Å². The molecular weight excluding hydrogens is 503 g/mol. The Balaban J connectivity index is 0.000000221. The van der Waals surface area contributed by atoms with Crippen molar-refractivity contribution < 1.29 is 25.8 Å². The zero-order valence-corrected chi connectivity index (χ0v) is 22.9. The largest absolute Gasteiger partial charge is 0.196 e. The van der Waals surface area contributed by atoms with Crippen LogP contribution in [0, 0.1) is 40.0 Å². The maximum Gasteiger partial charge on any atom is 0 e. The van der Waals surface area contributed by atoms with Crippen LogP contribution in [-0.4, -0.2) is 0 Å². The van der Waals surface area contributed by atoms with Gasteiger partial charge in [0.15, 0.2) is 0 Å². The maximum absolute atomic E-state index is 2.45. The molecule has 150 valence electrons. The molecule has 3 aromatic rings. The molecule has 4 rings (SSSR count). The summed E-state index contributed by atoms with van der Waals surface area (Å²) in [6.07, 6.45) is 2.47. The van der Waals surface area contributed by atoms with Crippen molar-refractivity contribution in [1.29, 1.82) is 0 Å². The Labute approximate surface area is 191 Å². The summed E-state index contributed by atoms with van der Waals surface area (Å²) >= 11 is 0. The second-order valence-electron chi connectivity index (χ2n) is 9.79. The van der Waals surface area contributed by atoms with Gasteiger partial charge in [-0.25, -0.2) is 0 Å². The third-order valence-electron chi connectivity index (χ3n) is 6.90. The van der Waals surface area contributed by atoms with Crippen LogP contribution >= 0.6 is 0 Å². The molecule has 1 aliphatic rings. The van der Waals surface area contributed by atoms with Gasteiger partial charge >= 0.3 is 0 Å². The number of hydrogen-bond acceptors (Lipinski definition) is 0. The Hall–Kier alpha value is -0.950. The third-order valence-corrected chi connectivity index (χ3v) is 6.90. The van der Waals surface area contributed by atoms with Crippen LogP contribution in [0.15, 0.2) is 24.3 Å². The smallest absolute Gasteiger partial charge is 0 e. The van der Waals surface area contributed by atoms with Gasteiger partial charge in [-0.2, -0.15) is 33.9 Å². The molecule has 3 aromatic carbocycles. The van der Waals surface area contributed by atoms with Gasteiger partial charge in [0.05, 0.1) is 0 Å². The summed E-state index contributed by atoms with van der Waals surface area (Å²) in [5.74, 6) is 0.625. The second-order valence-corrected chi connectivity index (χ2v) is 9.79. The normalized spacial score (nSPS) is 14.6. The molecule has 1 heteroatoms. The average Bonchev–Trinajstić information content (AvgIpc) is 3.18. The van der Waals surface area contributed by atoms with Gasteiger partial charge in [0.2, 0.25) is 0 Å². The Morgan fingerprint density at radius 2 is 1.39 bits per heavy atom. The van der Waals surface area contributed by atoms with Crippen molar-refractivity contribution in [1.82, 2.24) is 0 Å². The topological polar surface area (TPSA) is 0 Å². The first-order chi connectivity index (χ1) is 12.5. The van der Waals surface area contributed by atoms with Crippen LogP contribution < -0.4 is 0 Å². The van der Waals surface area contributed by atoms with E-state index < -0.39 is 0 Å². The Bertz CT molecular complexity index is 895. The summed E-state index contributed by atoms with van der Waals surface area (Å²) in [6, 6.07) is 9.46. The third kappa shape index (κ3) is 4.30. The second kappa shape index (κ2) is 8.42. The van der Waals surface area contributed by atoms with E-state index in [0.717, 1.165) is 0 Å². The summed E-state index contributed by atoms with van der Waals surface area (Å²) in [5.41, 5.74) is 12.5. The fraction of sp³-hybridized carbons (Fsp3) is 0.481. The van der Waals surface area contributed by atoms with E-state index in [0.29, 0.717) is 11.3 Å². The van der Waals surface area contributed by atoms with Crippen LogP contribution in [-0.2, 0) is 38.7 Å². The summed E-state index contributed by atoms with van der Waals surface area (Å²) < 4.78 is 0. The van der Waals surface area contributed by atoms with Gasteiger partial charge in [-0.05, 0) is 18.3 Å². The zero-order chi connectivity index (χ0) is 20.1. The molecule has 0 saturated carbocycles. The van der Waals surface area contributed by atoms with E-state index in [1.807, 2.05) is 0 Å². The van der Waals surface area contributed by atoms with Crippen LogP contribution in [0.1, 0.15) is 78.1 Å². The number of fused-ring (bicyclic) bond motifs is 2. The molecule has 0 radical (unpaired) electrons. The van der Waals surface area contributed by atoms with E-state index in [9.17, 15) is 0 Å². The van der Waals surface area contributed by atoms with Crippen molar-refractivity contribution in [3.8, 4) is 0 Å². The van der Waals surface area contributed by atoms with Gasteiger partial charge in [0, 0.05) is 25.8 Å². The minimum absolute atomic E-state index is 0. The first-order valence-electron chi connectivity index (χ1n) is 10.4. The van der Waals surface area contributed by atoms with E-state index in [1.54, 1.807) is 11.1 Å². The van der Waals surface area contributed by atoms with Crippen LogP contribution in [0.25, 0.3) is 10.8 Å². The molecule has 1 aliphatic carbocycles. The van der Waals surface area contributed by atoms with Crippen molar-refractivity contribution in [3.63, 3.8) is 0 Å².